The smallest absolute Gasteiger partial charge is 0.0997 e. The molecule has 0 aliphatic rings. The molecule has 14 heavy (non-hydrogen) atoms. The Labute approximate surface area is 91.3 Å². The molecule has 0 spiro atoms. The molecule has 0 atom stereocenters. The van der Waals surface area contributed by atoms with Crippen LogP contribution in [0.3, 0.4) is 0 Å². The summed E-state index contributed by atoms with van der Waals surface area (Å²) in [5, 5.41) is 0. The first kappa shape index (κ1) is 11.1. The van der Waals surface area contributed by atoms with Gasteiger partial charge in [0.2, 0.25) is 0 Å². The molecule has 0 radical (unpaired) electrons. The summed E-state index contributed by atoms with van der Waals surface area (Å²) in [6, 6.07) is 6.28. The lowest BCUT2D eigenvalue weighted by atomic mass is 10.1. The maximum absolute atomic E-state index is 5.99. The van der Waals surface area contributed by atoms with Gasteiger partial charge in [-0.25, -0.2) is 0 Å². The molecule has 0 aliphatic carbocycles. The van der Waals surface area contributed by atoms with Crippen LogP contribution < -0.4 is 0 Å². The molecular formula is C13H15Cl. The van der Waals surface area contributed by atoms with Crippen molar-refractivity contribution in [2.24, 2.45) is 0 Å². The first-order valence-corrected chi connectivity index (χ1v) is 5.05. The van der Waals surface area contributed by atoms with Crippen molar-refractivity contribution in [3.8, 4) is 11.8 Å². The van der Waals surface area contributed by atoms with E-state index in [0.29, 0.717) is 0 Å². The fourth-order valence-electron chi connectivity index (χ4n) is 1.27. The monoisotopic (exact) mass is 206 g/mol. The average Bonchev–Trinajstić information content (AvgIpc) is 1.97. The highest BCUT2D eigenvalue weighted by molar-refractivity contribution is 6.25. The van der Waals surface area contributed by atoms with E-state index in [9.17, 15) is 0 Å². The SMILES string of the molecule is Cc1cc(C)cc(C#CC(C)(C)Cl)c1. The van der Waals surface area contributed by atoms with Gasteiger partial charge in [-0.05, 0) is 51.0 Å². The summed E-state index contributed by atoms with van der Waals surface area (Å²) >= 11 is 5.99. The van der Waals surface area contributed by atoms with Crippen molar-refractivity contribution in [2.45, 2.75) is 32.6 Å². The maximum Gasteiger partial charge on any atom is 0.0997 e. The van der Waals surface area contributed by atoms with E-state index in [-0.39, 0.29) is 0 Å². The molecule has 1 rings (SSSR count). The molecule has 0 bridgehead atoms. The van der Waals surface area contributed by atoms with Gasteiger partial charge in [-0.2, -0.15) is 0 Å². The van der Waals surface area contributed by atoms with Crippen LogP contribution in [0.4, 0.5) is 0 Å². The third kappa shape index (κ3) is 3.85. The van der Waals surface area contributed by atoms with Crippen molar-refractivity contribution < 1.29 is 0 Å². The highest BCUT2D eigenvalue weighted by Gasteiger charge is 2.06. The van der Waals surface area contributed by atoms with Gasteiger partial charge in [0.25, 0.3) is 0 Å². The van der Waals surface area contributed by atoms with Gasteiger partial charge >= 0.3 is 0 Å². The van der Waals surface area contributed by atoms with E-state index in [1.54, 1.807) is 0 Å². The summed E-state index contributed by atoms with van der Waals surface area (Å²) in [6.45, 7) is 7.93. The molecule has 0 nitrogen and oxygen atoms in total. The maximum atomic E-state index is 5.99. The van der Waals surface area contributed by atoms with Crippen LogP contribution in [-0.2, 0) is 0 Å². The minimum Gasteiger partial charge on any atom is -0.106 e. The van der Waals surface area contributed by atoms with Crippen molar-refractivity contribution in [3.63, 3.8) is 0 Å². The molecule has 1 aromatic rings. The van der Waals surface area contributed by atoms with Gasteiger partial charge < -0.3 is 0 Å². The second-order valence-corrected chi connectivity index (χ2v) is 5.04. The molecule has 0 saturated carbocycles. The predicted octanol–water partition coefficient (Wildman–Crippen LogP) is 3.67. The molecule has 0 fully saturated rings. The normalized spacial score (nSPS) is 10.6. The van der Waals surface area contributed by atoms with Crippen LogP contribution in [0.5, 0.6) is 0 Å². The van der Waals surface area contributed by atoms with Crippen molar-refractivity contribution in [1.29, 1.82) is 0 Å². The average molecular weight is 207 g/mol. The van der Waals surface area contributed by atoms with Gasteiger partial charge in [0.05, 0.1) is 4.87 Å². The molecule has 0 saturated heterocycles. The fraction of sp³-hybridized carbons (Fsp3) is 0.385. The van der Waals surface area contributed by atoms with E-state index in [0.717, 1.165) is 5.56 Å². The Morgan fingerprint density at radius 3 is 2.00 bits per heavy atom. The van der Waals surface area contributed by atoms with Gasteiger partial charge in [-0.3, -0.25) is 0 Å². The molecular weight excluding hydrogens is 192 g/mol. The molecule has 1 aromatic carbocycles. The zero-order chi connectivity index (χ0) is 10.8. The van der Waals surface area contributed by atoms with Crippen molar-refractivity contribution in [3.05, 3.63) is 34.9 Å². The van der Waals surface area contributed by atoms with Crippen molar-refractivity contribution in [1.82, 2.24) is 0 Å². The topological polar surface area (TPSA) is 0 Å². The summed E-state index contributed by atoms with van der Waals surface area (Å²) in [5.41, 5.74) is 3.51. The number of rotatable bonds is 0. The summed E-state index contributed by atoms with van der Waals surface area (Å²) in [7, 11) is 0. The minimum atomic E-state index is -0.447. The zero-order valence-electron chi connectivity index (χ0n) is 9.11. The molecule has 0 unspecified atom stereocenters. The Morgan fingerprint density at radius 1 is 1.07 bits per heavy atom. The summed E-state index contributed by atoms with van der Waals surface area (Å²) in [4.78, 5) is -0.447. The lowest BCUT2D eigenvalue weighted by Crippen LogP contribution is -2.04. The van der Waals surface area contributed by atoms with Gasteiger partial charge in [0.1, 0.15) is 0 Å². The second-order valence-electron chi connectivity index (χ2n) is 4.10. The molecule has 0 aromatic heterocycles. The van der Waals surface area contributed by atoms with Crippen LogP contribution >= 0.6 is 11.6 Å². The second kappa shape index (κ2) is 4.07. The summed E-state index contributed by atoms with van der Waals surface area (Å²) in [5.74, 6) is 6.09. The molecule has 0 N–H and O–H groups in total. The summed E-state index contributed by atoms with van der Waals surface area (Å²) in [6.07, 6.45) is 0. The first-order chi connectivity index (χ1) is 6.37. The highest BCUT2D eigenvalue weighted by Crippen LogP contribution is 2.12. The predicted molar refractivity (Wildman–Crippen MR) is 62.7 cm³/mol. The Hall–Kier alpha value is -0.930. The fourth-order valence-corrected chi connectivity index (χ4v) is 1.31. The molecule has 0 amide bonds. The lowest BCUT2D eigenvalue weighted by Gasteiger charge is -2.04. The van der Waals surface area contributed by atoms with E-state index >= 15 is 0 Å². The number of hydrogen-bond acceptors (Lipinski definition) is 0. The Balaban J connectivity index is 3.02. The van der Waals surface area contributed by atoms with E-state index in [4.69, 9.17) is 11.6 Å². The molecule has 1 heteroatoms. The van der Waals surface area contributed by atoms with Crippen molar-refractivity contribution >= 4 is 11.6 Å². The van der Waals surface area contributed by atoms with Gasteiger partial charge in [-0.1, -0.05) is 17.9 Å². The van der Waals surface area contributed by atoms with Crippen LogP contribution in [0.2, 0.25) is 0 Å². The zero-order valence-corrected chi connectivity index (χ0v) is 9.87. The van der Waals surface area contributed by atoms with Crippen LogP contribution in [0.25, 0.3) is 0 Å². The lowest BCUT2D eigenvalue weighted by molar-refractivity contribution is 0.917. The van der Waals surface area contributed by atoms with E-state index < -0.39 is 4.87 Å². The largest absolute Gasteiger partial charge is 0.106 e. The Kier molecular flexibility index (Phi) is 3.24. The third-order valence-electron chi connectivity index (χ3n) is 1.73. The number of alkyl halides is 1. The van der Waals surface area contributed by atoms with Crippen LogP contribution in [0, 0.1) is 25.7 Å². The van der Waals surface area contributed by atoms with E-state index in [1.165, 1.54) is 11.1 Å². The van der Waals surface area contributed by atoms with Gasteiger partial charge in [0, 0.05) is 5.56 Å². The van der Waals surface area contributed by atoms with Gasteiger partial charge in [0.15, 0.2) is 0 Å². The standard InChI is InChI=1S/C13H15Cl/c1-10-7-11(2)9-12(8-10)5-6-13(3,4)14/h7-9H,1-4H3. The quantitative estimate of drug-likeness (QED) is 0.449. The number of aryl methyl sites for hydroxylation is 2. The Bertz CT molecular complexity index is 366. The van der Waals surface area contributed by atoms with Crippen LogP contribution in [-0.4, -0.2) is 4.87 Å². The van der Waals surface area contributed by atoms with Crippen LogP contribution in [0.1, 0.15) is 30.5 Å². The van der Waals surface area contributed by atoms with E-state index in [1.807, 2.05) is 13.8 Å². The first-order valence-electron chi connectivity index (χ1n) is 4.67. The molecule has 0 heterocycles. The molecule has 74 valence electrons. The number of halogens is 1. The van der Waals surface area contributed by atoms with E-state index in [2.05, 4.69) is 43.9 Å². The number of benzene rings is 1. The van der Waals surface area contributed by atoms with Crippen molar-refractivity contribution in [2.75, 3.05) is 0 Å². The highest BCUT2D eigenvalue weighted by atomic mass is 35.5. The van der Waals surface area contributed by atoms with Gasteiger partial charge in [-0.15, -0.1) is 11.6 Å². The minimum absolute atomic E-state index is 0.447. The van der Waals surface area contributed by atoms with Crippen LogP contribution in [0.15, 0.2) is 18.2 Å². The number of hydrogen-bond donors (Lipinski definition) is 0. The summed E-state index contributed by atoms with van der Waals surface area (Å²) < 4.78 is 0. The Morgan fingerprint density at radius 2 is 1.57 bits per heavy atom. The molecule has 0 aliphatic heterocycles. The third-order valence-corrected chi connectivity index (χ3v) is 1.82.